The number of carboxylic acid groups (broad SMARTS) is 1. The van der Waals surface area contributed by atoms with E-state index in [1.807, 2.05) is 0 Å². The largest absolute Gasteiger partial charge is 0.479 e. The van der Waals surface area contributed by atoms with Gasteiger partial charge in [-0.15, -0.1) is 0 Å². The number of alkyl halides is 3. The highest BCUT2D eigenvalue weighted by Gasteiger charge is 2.54. The minimum Gasteiger partial charge on any atom is -0.479 e. The molecule has 1 unspecified atom stereocenters. The molecule has 2 amide bonds. The van der Waals surface area contributed by atoms with Gasteiger partial charge in [-0.3, -0.25) is 4.90 Å². The summed E-state index contributed by atoms with van der Waals surface area (Å²) in [5, 5.41) is 15.4. The van der Waals surface area contributed by atoms with Gasteiger partial charge < -0.3 is 9.84 Å². The van der Waals surface area contributed by atoms with Crippen molar-refractivity contribution in [1.82, 2.24) is 5.01 Å². The lowest BCUT2D eigenvalue weighted by atomic mass is 9.98. The molecule has 1 N–H and O–H groups in total. The van der Waals surface area contributed by atoms with E-state index in [4.69, 9.17) is 16.3 Å². The monoisotopic (exact) mass is 453 g/mol. The summed E-state index contributed by atoms with van der Waals surface area (Å²) in [4.78, 5) is 26.0. The molecule has 0 saturated heterocycles. The molecule has 0 fully saturated rings. The fourth-order valence-corrected chi connectivity index (χ4v) is 3.77. The second kappa shape index (κ2) is 7.24. The Morgan fingerprint density at radius 3 is 2.52 bits per heavy atom. The number of carbonyl (C=O) groups excluding carboxylic acids is 1. The SMILES string of the molecule is CN(C(=O)N1COC2(C(=O)O)Cc3cc(Cl)ccc3C2=N1)c1ccc(C(F)(F)F)cc1. The predicted octanol–water partition coefficient (Wildman–Crippen LogP) is 3.99. The third-order valence-corrected chi connectivity index (χ3v) is 5.47. The first-order valence-corrected chi connectivity index (χ1v) is 9.38. The third kappa shape index (κ3) is 3.51. The van der Waals surface area contributed by atoms with Crippen molar-refractivity contribution in [1.29, 1.82) is 0 Å². The molecule has 11 heteroatoms. The number of amides is 2. The van der Waals surface area contributed by atoms with Gasteiger partial charge in [0.15, 0.2) is 0 Å². The maximum Gasteiger partial charge on any atom is 0.416 e. The zero-order valence-corrected chi connectivity index (χ0v) is 16.7. The van der Waals surface area contributed by atoms with Crippen molar-refractivity contribution in [2.45, 2.75) is 18.2 Å². The second-order valence-corrected chi connectivity index (χ2v) is 7.55. The minimum absolute atomic E-state index is 0.00777. The number of hydrogen-bond acceptors (Lipinski definition) is 4. The molecule has 2 aromatic carbocycles. The average molecular weight is 454 g/mol. The van der Waals surface area contributed by atoms with Crippen LogP contribution in [0.3, 0.4) is 0 Å². The molecule has 162 valence electrons. The zero-order valence-electron chi connectivity index (χ0n) is 16.0. The Hall–Kier alpha value is -3.11. The maximum absolute atomic E-state index is 12.9. The highest BCUT2D eigenvalue weighted by molar-refractivity contribution is 6.31. The highest BCUT2D eigenvalue weighted by Crippen LogP contribution is 2.38. The number of fused-ring (bicyclic) bond motifs is 3. The van der Waals surface area contributed by atoms with Crippen molar-refractivity contribution in [3.05, 3.63) is 64.2 Å². The Balaban J connectivity index is 1.65. The molecule has 1 aliphatic heterocycles. The fraction of sp³-hybridized carbons (Fsp3) is 0.250. The van der Waals surface area contributed by atoms with Crippen molar-refractivity contribution in [3.8, 4) is 0 Å². The highest BCUT2D eigenvalue weighted by atomic mass is 35.5. The van der Waals surface area contributed by atoms with E-state index >= 15 is 0 Å². The van der Waals surface area contributed by atoms with Gasteiger partial charge in [0.25, 0.3) is 0 Å². The van der Waals surface area contributed by atoms with Gasteiger partial charge in [-0.25, -0.2) is 9.59 Å². The number of hydrazone groups is 1. The summed E-state index contributed by atoms with van der Waals surface area (Å²) in [5.41, 5.74) is -1.19. The van der Waals surface area contributed by atoms with Gasteiger partial charge in [-0.05, 0) is 42.0 Å². The molecule has 0 bridgehead atoms. The molecule has 0 spiro atoms. The van der Waals surface area contributed by atoms with Gasteiger partial charge in [0.05, 0.1) is 5.56 Å². The van der Waals surface area contributed by atoms with Crippen LogP contribution in [0.4, 0.5) is 23.7 Å². The summed E-state index contributed by atoms with van der Waals surface area (Å²) in [7, 11) is 1.37. The molecule has 31 heavy (non-hydrogen) atoms. The normalized spacial score (nSPS) is 20.0. The predicted molar refractivity (Wildman–Crippen MR) is 105 cm³/mol. The molecule has 0 aromatic heterocycles. The fourth-order valence-electron chi connectivity index (χ4n) is 3.58. The van der Waals surface area contributed by atoms with Crippen LogP contribution in [-0.2, 0) is 22.1 Å². The Kier molecular flexibility index (Phi) is 4.94. The number of carboxylic acids is 1. The Labute approximate surface area is 179 Å². The lowest BCUT2D eigenvalue weighted by molar-refractivity contribution is -0.161. The molecule has 1 heterocycles. The number of nitrogens with zero attached hydrogens (tertiary/aromatic N) is 3. The first-order valence-electron chi connectivity index (χ1n) is 9.00. The molecular formula is C20H15ClF3N3O4. The summed E-state index contributed by atoms with van der Waals surface area (Å²) in [5.74, 6) is -1.25. The Bertz CT molecular complexity index is 1100. The van der Waals surface area contributed by atoms with Crippen molar-refractivity contribution < 1.29 is 32.6 Å². The van der Waals surface area contributed by atoms with Gasteiger partial charge in [0.2, 0.25) is 5.60 Å². The molecule has 0 saturated carbocycles. The smallest absolute Gasteiger partial charge is 0.416 e. The van der Waals surface area contributed by atoms with E-state index in [0.717, 1.165) is 34.2 Å². The Morgan fingerprint density at radius 1 is 1.23 bits per heavy atom. The van der Waals surface area contributed by atoms with E-state index in [1.54, 1.807) is 18.2 Å². The van der Waals surface area contributed by atoms with Crippen molar-refractivity contribution in [3.63, 3.8) is 0 Å². The van der Waals surface area contributed by atoms with E-state index in [9.17, 15) is 27.9 Å². The van der Waals surface area contributed by atoms with Crippen molar-refractivity contribution in [2.24, 2.45) is 5.10 Å². The second-order valence-electron chi connectivity index (χ2n) is 7.12. The summed E-state index contributed by atoms with van der Waals surface area (Å²) in [6.45, 7) is -0.443. The van der Waals surface area contributed by atoms with E-state index in [1.165, 1.54) is 7.05 Å². The summed E-state index contributed by atoms with van der Waals surface area (Å²) < 4.78 is 43.9. The van der Waals surface area contributed by atoms with E-state index in [2.05, 4.69) is 5.10 Å². The van der Waals surface area contributed by atoms with Crippen LogP contribution >= 0.6 is 11.6 Å². The number of ether oxygens (including phenoxy) is 1. The van der Waals surface area contributed by atoms with Crippen LogP contribution in [0.1, 0.15) is 16.7 Å². The van der Waals surface area contributed by atoms with Crippen LogP contribution in [0.25, 0.3) is 0 Å². The Morgan fingerprint density at radius 2 is 1.90 bits per heavy atom. The van der Waals surface area contributed by atoms with Gasteiger partial charge >= 0.3 is 18.2 Å². The van der Waals surface area contributed by atoms with Gasteiger partial charge in [-0.2, -0.15) is 23.3 Å². The number of rotatable bonds is 2. The van der Waals surface area contributed by atoms with Crippen molar-refractivity contribution >= 4 is 35.0 Å². The number of aliphatic carboxylic acids is 1. The third-order valence-electron chi connectivity index (χ3n) is 5.23. The van der Waals surface area contributed by atoms with Gasteiger partial charge in [-0.1, -0.05) is 17.7 Å². The number of benzene rings is 2. The standard InChI is InChI=1S/C20H15ClF3N3O4/c1-26(14-5-2-12(3-6-14)20(22,23)24)18(30)27-10-31-19(17(28)29)9-11-8-13(21)4-7-15(11)16(19)25-27/h2-8H,9-10H2,1H3,(H,28,29). The van der Waals surface area contributed by atoms with Crippen LogP contribution in [0, 0.1) is 0 Å². The number of hydrogen-bond donors (Lipinski definition) is 1. The molecular weight excluding hydrogens is 439 g/mol. The number of carbonyl (C=O) groups is 2. The van der Waals surface area contributed by atoms with Crippen LogP contribution in [0.5, 0.6) is 0 Å². The lowest BCUT2D eigenvalue weighted by Gasteiger charge is -2.35. The van der Waals surface area contributed by atoms with E-state index in [-0.39, 0.29) is 17.8 Å². The average Bonchev–Trinajstić information content (AvgIpc) is 3.06. The molecule has 1 aliphatic carbocycles. The van der Waals surface area contributed by atoms with E-state index in [0.29, 0.717) is 16.1 Å². The summed E-state index contributed by atoms with van der Waals surface area (Å²) >= 11 is 6.00. The molecule has 1 atom stereocenters. The molecule has 2 aromatic rings. The maximum atomic E-state index is 12.9. The number of urea groups is 1. The van der Waals surface area contributed by atoms with E-state index < -0.39 is 36.1 Å². The minimum atomic E-state index is -4.49. The van der Waals surface area contributed by atoms with Crippen LogP contribution < -0.4 is 4.90 Å². The molecule has 7 nitrogen and oxygen atoms in total. The number of halogens is 4. The summed E-state index contributed by atoms with van der Waals surface area (Å²) in [6, 6.07) is 8.16. The molecule has 4 rings (SSSR count). The van der Waals surface area contributed by atoms with Gasteiger partial charge in [0.1, 0.15) is 12.4 Å². The quantitative estimate of drug-likeness (QED) is 0.745. The van der Waals surface area contributed by atoms with Gasteiger partial charge in [0, 0.05) is 29.7 Å². The van der Waals surface area contributed by atoms with Crippen LogP contribution in [0.15, 0.2) is 47.6 Å². The molecule has 0 radical (unpaired) electrons. The van der Waals surface area contributed by atoms with Crippen LogP contribution in [0.2, 0.25) is 5.02 Å². The summed E-state index contributed by atoms with van der Waals surface area (Å²) in [6.07, 6.45) is -4.49. The lowest BCUT2D eigenvalue weighted by Crippen LogP contribution is -2.55. The first-order chi connectivity index (χ1) is 14.5. The topological polar surface area (TPSA) is 82.4 Å². The van der Waals surface area contributed by atoms with Crippen molar-refractivity contribution in [2.75, 3.05) is 18.7 Å². The number of anilines is 1. The molecule has 2 aliphatic rings. The zero-order chi connectivity index (χ0) is 22.6. The van der Waals surface area contributed by atoms with Crippen LogP contribution in [-0.4, -0.2) is 47.2 Å². The first kappa shape index (κ1) is 21.1.